The first kappa shape index (κ1) is 18.7. The lowest BCUT2D eigenvalue weighted by Crippen LogP contribution is -2.06. The Bertz CT molecular complexity index is 1030. The minimum Gasteiger partial charge on any atom is -0.326 e. The molecule has 2 aromatic heterocycles. The van der Waals surface area contributed by atoms with Gasteiger partial charge in [-0.05, 0) is 47.0 Å². The maximum absolute atomic E-state index is 11.2. The molecular formula is C18H17BrClN7O. The lowest BCUT2D eigenvalue weighted by atomic mass is 10.2. The fourth-order valence-electron chi connectivity index (χ4n) is 2.66. The highest BCUT2D eigenvalue weighted by Gasteiger charge is 2.25. The molecule has 4 rings (SSSR count). The molecule has 1 aliphatic carbocycles. The van der Waals surface area contributed by atoms with Crippen LogP contribution in [0, 0.1) is 0 Å². The van der Waals surface area contributed by atoms with Gasteiger partial charge in [-0.25, -0.2) is 4.98 Å². The molecule has 0 spiro atoms. The first-order valence-corrected chi connectivity index (χ1v) is 9.84. The minimum absolute atomic E-state index is 0.160. The molecule has 8 nitrogen and oxygen atoms in total. The molecular weight excluding hydrogens is 446 g/mol. The third-order valence-corrected chi connectivity index (χ3v) is 5.03. The van der Waals surface area contributed by atoms with Crippen LogP contribution in [0.1, 0.15) is 31.4 Å². The zero-order valence-electron chi connectivity index (χ0n) is 14.9. The zero-order valence-corrected chi connectivity index (χ0v) is 17.2. The highest BCUT2D eigenvalue weighted by atomic mass is 79.9. The molecule has 0 atom stereocenters. The van der Waals surface area contributed by atoms with Crippen molar-refractivity contribution < 1.29 is 4.79 Å². The van der Waals surface area contributed by atoms with Gasteiger partial charge < -0.3 is 16.0 Å². The second kappa shape index (κ2) is 7.76. The number of rotatable bonds is 6. The molecule has 1 saturated carbocycles. The number of carbonyl (C=O) groups excluding carboxylic acids is 1. The number of anilines is 5. The van der Waals surface area contributed by atoms with E-state index in [4.69, 9.17) is 11.6 Å². The molecule has 0 radical (unpaired) electrons. The number of aromatic amines is 1. The number of aromatic nitrogens is 4. The van der Waals surface area contributed by atoms with Crippen molar-refractivity contribution in [3.05, 3.63) is 45.7 Å². The third-order valence-electron chi connectivity index (χ3n) is 4.14. The molecule has 0 saturated heterocycles. The predicted octanol–water partition coefficient (Wildman–Crippen LogP) is 4.94. The molecule has 1 aromatic carbocycles. The standard InChI is InChI=1S/C18H17BrClN7O/c1-9(28)22-11-4-5-14(13(20)6-11)23-18-21-8-12(19)17(25-18)24-16-7-15(26-27-16)10-2-3-10/h4-8,10H,2-3H2,1H3,(H,22,28)(H3,21,23,24,25,26,27). The summed E-state index contributed by atoms with van der Waals surface area (Å²) in [6, 6.07) is 7.15. The van der Waals surface area contributed by atoms with Crippen LogP contribution in [0.25, 0.3) is 0 Å². The summed E-state index contributed by atoms with van der Waals surface area (Å²) in [5, 5.41) is 16.7. The predicted molar refractivity (Wildman–Crippen MR) is 113 cm³/mol. The van der Waals surface area contributed by atoms with Crippen LogP contribution in [-0.2, 0) is 4.79 Å². The van der Waals surface area contributed by atoms with Gasteiger partial charge in [0.2, 0.25) is 11.9 Å². The highest BCUT2D eigenvalue weighted by Crippen LogP contribution is 2.40. The summed E-state index contributed by atoms with van der Waals surface area (Å²) in [7, 11) is 0. The van der Waals surface area contributed by atoms with E-state index in [-0.39, 0.29) is 5.91 Å². The average molecular weight is 463 g/mol. The number of nitrogens with one attached hydrogen (secondary N) is 4. The van der Waals surface area contributed by atoms with Crippen LogP contribution in [0.5, 0.6) is 0 Å². The van der Waals surface area contributed by atoms with Gasteiger partial charge in [0.25, 0.3) is 0 Å². The Balaban J connectivity index is 1.50. The molecule has 2 heterocycles. The van der Waals surface area contributed by atoms with E-state index < -0.39 is 0 Å². The monoisotopic (exact) mass is 461 g/mol. The van der Waals surface area contributed by atoms with Crippen LogP contribution in [0.2, 0.25) is 5.02 Å². The first-order chi connectivity index (χ1) is 13.5. The SMILES string of the molecule is CC(=O)Nc1ccc(Nc2ncc(Br)c(Nc3cc(C4CC4)[nH]n3)n2)c(Cl)c1. The lowest BCUT2D eigenvalue weighted by molar-refractivity contribution is -0.114. The molecule has 4 N–H and O–H groups in total. The number of hydrogen-bond donors (Lipinski definition) is 4. The fourth-order valence-corrected chi connectivity index (χ4v) is 3.18. The summed E-state index contributed by atoms with van der Waals surface area (Å²) in [4.78, 5) is 19.9. The van der Waals surface area contributed by atoms with Crippen molar-refractivity contribution in [2.24, 2.45) is 0 Å². The molecule has 3 aromatic rings. The maximum atomic E-state index is 11.2. The molecule has 28 heavy (non-hydrogen) atoms. The van der Waals surface area contributed by atoms with Gasteiger partial charge in [-0.1, -0.05) is 11.6 Å². The van der Waals surface area contributed by atoms with Gasteiger partial charge in [0.05, 0.1) is 15.2 Å². The zero-order chi connectivity index (χ0) is 19.7. The number of benzene rings is 1. The van der Waals surface area contributed by atoms with Crippen molar-refractivity contribution in [3.63, 3.8) is 0 Å². The van der Waals surface area contributed by atoms with Gasteiger partial charge in [0, 0.05) is 36.5 Å². The van der Waals surface area contributed by atoms with E-state index in [1.54, 1.807) is 24.4 Å². The van der Waals surface area contributed by atoms with E-state index in [1.165, 1.54) is 19.8 Å². The Morgan fingerprint density at radius 3 is 2.82 bits per heavy atom. The van der Waals surface area contributed by atoms with Crippen LogP contribution in [-0.4, -0.2) is 26.1 Å². The van der Waals surface area contributed by atoms with Crippen molar-refractivity contribution >= 4 is 62.4 Å². The summed E-state index contributed by atoms with van der Waals surface area (Å²) < 4.78 is 0.709. The van der Waals surface area contributed by atoms with E-state index >= 15 is 0 Å². The molecule has 1 fully saturated rings. The van der Waals surface area contributed by atoms with Crippen molar-refractivity contribution in [1.82, 2.24) is 20.2 Å². The number of nitrogens with zero attached hydrogens (tertiary/aromatic N) is 3. The second-order valence-corrected chi connectivity index (χ2v) is 7.76. The number of halogens is 2. The van der Waals surface area contributed by atoms with Crippen LogP contribution in [0.15, 0.2) is 34.9 Å². The summed E-state index contributed by atoms with van der Waals surface area (Å²) >= 11 is 9.74. The minimum atomic E-state index is -0.160. The summed E-state index contributed by atoms with van der Waals surface area (Å²) in [6.07, 6.45) is 4.05. The van der Waals surface area contributed by atoms with Crippen LogP contribution in [0.4, 0.5) is 29.0 Å². The number of hydrogen-bond acceptors (Lipinski definition) is 6. The van der Waals surface area contributed by atoms with Crippen LogP contribution >= 0.6 is 27.5 Å². The summed E-state index contributed by atoms with van der Waals surface area (Å²) in [5.41, 5.74) is 2.38. The van der Waals surface area contributed by atoms with Crippen LogP contribution in [0.3, 0.4) is 0 Å². The Morgan fingerprint density at radius 1 is 1.29 bits per heavy atom. The van der Waals surface area contributed by atoms with Crippen LogP contribution < -0.4 is 16.0 Å². The van der Waals surface area contributed by atoms with Gasteiger partial charge in [-0.3, -0.25) is 9.89 Å². The van der Waals surface area contributed by atoms with Gasteiger partial charge >= 0.3 is 0 Å². The van der Waals surface area contributed by atoms with Gasteiger partial charge in [-0.15, -0.1) is 0 Å². The molecule has 144 valence electrons. The topological polar surface area (TPSA) is 108 Å². The normalized spacial score (nSPS) is 13.2. The molecule has 1 aliphatic rings. The van der Waals surface area contributed by atoms with E-state index in [1.807, 2.05) is 6.07 Å². The quantitative estimate of drug-likeness (QED) is 0.413. The lowest BCUT2D eigenvalue weighted by Gasteiger charge is -2.11. The highest BCUT2D eigenvalue weighted by molar-refractivity contribution is 9.10. The summed E-state index contributed by atoms with van der Waals surface area (Å²) in [6.45, 7) is 1.44. The Kier molecular flexibility index (Phi) is 5.19. The Hall–Kier alpha value is -2.65. The van der Waals surface area contributed by atoms with Gasteiger partial charge in [0.1, 0.15) is 0 Å². The fraction of sp³-hybridized carbons (Fsp3) is 0.222. The second-order valence-electron chi connectivity index (χ2n) is 6.50. The first-order valence-electron chi connectivity index (χ1n) is 8.67. The average Bonchev–Trinajstić information content (AvgIpc) is 3.39. The molecule has 1 amide bonds. The van der Waals surface area contributed by atoms with Crippen molar-refractivity contribution in [2.75, 3.05) is 16.0 Å². The van der Waals surface area contributed by atoms with Crippen molar-refractivity contribution in [1.29, 1.82) is 0 Å². The number of H-pyrrole nitrogens is 1. The summed E-state index contributed by atoms with van der Waals surface area (Å²) in [5.74, 6) is 2.09. The molecule has 0 aliphatic heterocycles. The van der Waals surface area contributed by atoms with E-state index in [9.17, 15) is 4.79 Å². The van der Waals surface area contributed by atoms with Gasteiger partial charge in [-0.2, -0.15) is 10.1 Å². The van der Waals surface area contributed by atoms with E-state index in [0.717, 1.165) is 5.69 Å². The maximum Gasteiger partial charge on any atom is 0.229 e. The smallest absolute Gasteiger partial charge is 0.229 e. The van der Waals surface area contributed by atoms with Crippen molar-refractivity contribution in [2.45, 2.75) is 25.7 Å². The van der Waals surface area contributed by atoms with E-state index in [0.29, 0.717) is 44.4 Å². The number of carbonyl (C=O) groups is 1. The third kappa shape index (κ3) is 4.42. The van der Waals surface area contributed by atoms with E-state index in [2.05, 4.69) is 52.0 Å². The molecule has 10 heteroatoms. The van der Waals surface area contributed by atoms with Crippen molar-refractivity contribution in [3.8, 4) is 0 Å². The molecule has 0 unspecified atom stereocenters. The Morgan fingerprint density at radius 2 is 2.11 bits per heavy atom. The molecule has 0 bridgehead atoms. The van der Waals surface area contributed by atoms with Gasteiger partial charge in [0.15, 0.2) is 11.6 Å². The largest absolute Gasteiger partial charge is 0.326 e. The Labute approximate surface area is 174 Å². The number of amides is 1.